The Kier molecular flexibility index (Phi) is 6.74. The molecule has 0 spiro atoms. The molecule has 0 aliphatic rings. The Morgan fingerprint density at radius 3 is 2.38 bits per heavy atom. The molecular formula is C14H25NS. The van der Waals surface area contributed by atoms with Crippen molar-refractivity contribution in [2.45, 2.75) is 58.4 Å². The minimum absolute atomic E-state index is 0.389. The number of rotatable bonds is 8. The minimum atomic E-state index is 0.389. The summed E-state index contributed by atoms with van der Waals surface area (Å²) in [5.74, 6) is 0.730. The second-order valence-corrected chi connectivity index (χ2v) is 5.45. The fourth-order valence-electron chi connectivity index (χ4n) is 2.32. The Bertz CT molecular complexity index is 250. The van der Waals surface area contributed by atoms with Crippen molar-refractivity contribution in [1.29, 1.82) is 0 Å². The highest BCUT2D eigenvalue weighted by atomic mass is 32.1. The van der Waals surface area contributed by atoms with Crippen LogP contribution in [0.25, 0.3) is 0 Å². The van der Waals surface area contributed by atoms with Gasteiger partial charge >= 0.3 is 0 Å². The van der Waals surface area contributed by atoms with E-state index in [1.54, 1.807) is 11.3 Å². The Morgan fingerprint density at radius 2 is 1.88 bits per heavy atom. The van der Waals surface area contributed by atoms with Crippen LogP contribution in [0.1, 0.15) is 51.5 Å². The lowest BCUT2D eigenvalue weighted by molar-refractivity contribution is 0.347. The van der Waals surface area contributed by atoms with E-state index < -0.39 is 0 Å². The van der Waals surface area contributed by atoms with Crippen LogP contribution in [0.4, 0.5) is 0 Å². The van der Waals surface area contributed by atoms with Gasteiger partial charge in [-0.05, 0) is 54.0 Å². The third kappa shape index (κ3) is 4.67. The topological polar surface area (TPSA) is 26.0 Å². The summed E-state index contributed by atoms with van der Waals surface area (Å²) in [6.07, 6.45) is 7.39. The summed E-state index contributed by atoms with van der Waals surface area (Å²) >= 11 is 1.78. The van der Waals surface area contributed by atoms with Gasteiger partial charge in [0.25, 0.3) is 0 Å². The molecule has 0 saturated heterocycles. The monoisotopic (exact) mass is 239 g/mol. The largest absolute Gasteiger partial charge is 0.327 e. The average Bonchev–Trinajstić information content (AvgIpc) is 2.78. The van der Waals surface area contributed by atoms with E-state index in [-0.39, 0.29) is 0 Å². The van der Waals surface area contributed by atoms with Crippen molar-refractivity contribution in [1.82, 2.24) is 0 Å². The van der Waals surface area contributed by atoms with Crippen molar-refractivity contribution in [3.63, 3.8) is 0 Å². The number of thiophene rings is 1. The Balaban J connectivity index is 2.33. The summed E-state index contributed by atoms with van der Waals surface area (Å²) in [7, 11) is 0. The summed E-state index contributed by atoms with van der Waals surface area (Å²) in [5.41, 5.74) is 7.76. The highest BCUT2D eigenvalue weighted by Crippen LogP contribution is 2.20. The quantitative estimate of drug-likeness (QED) is 0.722. The minimum Gasteiger partial charge on any atom is -0.327 e. The number of hydrogen-bond acceptors (Lipinski definition) is 2. The van der Waals surface area contributed by atoms with E-state index >= 15 is 0 Å². The molecule has 2 heteroatoms. The van der Waals surface area contributed by atoms with Crippen LogP contribution in [-0.4, -0.2) is 6.04 Å². The SMILES string of the molecule is CCCC(CCC)C(N)CCc1ccsc1. The highest BCUT2D eigenvalue weighted by Gasteiger charge is 2.15. The molecule has 0 aromatic carbocycles. The zero-order valence-corrected chi connectivity index (χ0v) is 11.4. The van der Waals surface area contributed by atoms with Gasteiger partial charge in [0.2, 0.25) is 0 Å². The molecule has 0 radical (unpaired) electrons. The predicted octanol–water partition coefficient (Wildman–Crippen LogP) is 4.22. The van der Waals surface area contributed by atoms with E-state index in [9.17, 15) is 0 Å². The molecular weight excluding hydrogens is 214 g/mol. The maximum absolute atomic E-state index is 6.31. The van der Waals surface area contributed by atoms with Crippen molar-refractivity contribution in [3.8, 4) is 0 Å². The molecule has 1 atom stereocenters. The Morgan fingerprint density at radius 1 is 1.19 bits per heavy atom. The summed E-state index contributed by atoms with van der Waals surface area (Å²) < 4.78 is 0. The predicted molar refractivity (Wildman–Crippen MR) is 73.9 cm³/mol. The van der Waals surface area contributed by atoms with E-state index in [0.29, 0.717) is 6.04 Å². The normalized spacial score (nSPS) is 13.2. The van der Waals surface area contributed by atoms with Crippen molar-refractivity contribution in [2.75, 3.05) is 0 Å². The molecule has 2 N–H and O–H groups in total. The van der Waals surface area contributed by atoms with E-state index in [1.807, 2.05) is 0 Å². The second kappa shape index (κ2) is 7.86. The molecule has 1 nitrogen and oxygen atoms in total. The molecule has 16 heavy (non-hydrogen) atoms. The summed E-state index contributed by atoms with van der Waals surface area (Å²) in [6, 6.07) is 2.60. The number of aryl methyl sites for hydroxylation is 1. The molecule has 0 aliphatic carbocycles. The first-order chi connectivity index (χ1) is 7.77. The summed E-state index contributed by atoms with van der Waals surface area (Å²) in [6.45, 7) is 4.52. The maximum Gasteiger partial charge on any atom is 0.00703 e. The van der Waals surface area contributed by atoms with Gasteiger partial charge in [-0.15, -0.1) is 0 Å². The maximum atomic E-state index is 6.31. The van der Waals surface area contributed by atoms with E-state index in [0.717, 1.165) is 18.8 Å². The van der Waals surface area contributed by atoms with Crippen LogP contribution in [0.15, 0.2) is 16.8 Å². The van der Waals surface area contributed by atoms with Crippen molar-refractivity contribution in [3.05, 3.63) is 22.4 Å². The molecule has 0 saturated carbocycles. The van der Waals surface area contributed by atoms with Gasteiger partial charge in [-0.2, -0.15) is 11.3 Å². The van der Waals surface area contributed by atoms with Gasteiger partial charge in [-0.1, -0.05) is 26.7 Å². The average molecular weight is 239 g/mol. The van der Waals surface area contributed by atoms with Crippen LogP contribution in [0.5, 0.6) is 0 Å². The van der Waals surface area contributed by atoms with Crippen molar-refractivity contribution >= 4 is 11.3 Å². The third-order valence-corrected chi connectivity index (χ3v) is 4.00. The molecule has 1 rings (SSSR count). The zero-order chi connectivity index (χ0) is 11.8. The standard InChI is InChI=1S/C14H25NS/c1-3-5-13(6-4-2)14(15)8-7-12-9-10-16-11-12/h9-11,13-14H,3-8,15H2,1-2H3. The first-order valence-corrected chi connectivity index (χ1v) is 7.48. The highest BCUT2D eigenvalue weighted by molar-refractivity contribution is 7.07. The van der Waals surface area contributed by atoms with Gasteiger partial charge in [0.15, 0.2) is 0 Å². The fourth-order valence-corrected chi connectivity index (χ4v) is 3.02. The van der Waals surface area contributed by atoms with E-state index in [2.05, 4.69) is 30.7 Å². The van der Waals surface area contributed by atoms with Crippen LogP contribution < -0.4 is 5.73 Å². The number of hydrogen-bond donors (Lipinski definition) is 1. The van der Waals surface area contributed by atoms with Gasteiger partial charge in [0.05, 0.1) is 0 Å². The lowest BCUT2D eigenvalue weighted by atomic mass is 9.88. The Hall–Kier alpha value is -0.340. The first-order valence-electron chi connectivity index (χ1n) is 6.54. The first kappa shape index (κ1) is 13.7. The molecule has 1 aromatic rings. The molecule has 92 valence electrons. The second-order valence-electron chi connectivity index (χ2n) is 4.67. The van der Waals surface area contributed by atoms with Crippen LogP contribution in [0.3, 0.4) is 0 Å². The van der Waals surface area contributed by atoms with Gasteiger partial charge in [0.1, 0.15) is 0 Å². The molecule has 0 bridgehead atoms. The van der Waals surface area contributed by atoms with Gasteiger partial charge in [-0.3, -0.25) is 0 Å². The van der Waals surface area contributed by atoms with Gasteiger partial charge < -0.3 is 5.73 Å². The van der Waals surface area contributed by atoms with Gasteiger partial charge in [0, 0.05) is 6.04 Å². The summed E-state index contributed by atoms with van der Waals surface area (Å²) in [5, 5.41) is 4.39. The molecule has 1 unspecified atom stereocenters. The van der Waals surface area contributed by atoms with Crippen molar-refractivity contribution in [2.24, 2.45) is 11.7 Å². The lowest BCUT2D eigenvalue weighted by Gasteiger charge is -2.23. The van der Waals surface area contributed by atoms with Crippen LogP contribution in [0.2, 0.25) is 0 Å². The fraction of sp³-hybridized carbons (Fsp3) is 0.714. The zero-order valence-electron chi connectivity index (χ0n) is 10.6. The van der Waals surface area contributed by atoms with Crippen LogP contribution in [-0.2, 0) is 6.42 Å². The molecule has 0 amide bonds. The lowest BCUT2D eigenvalue weighted by Crippen LogP contribution is -2.30. The molecule has 1 heterocycles. The molecule has 0 aliphatic heterocycles. The molecule has 0 fully saturated rings. The third-order valence-electron chi connectivity index (χ3n) is 3.27. The van der Waals surface area contributed by atoms with Gasteiger partial charge in [-0.25, -0.2) is 0 Å². The Labute approximate surface area is 104 Å². The smallest absolute Gasteiger partial charge is 0.00703 e. The van der Waals surface area contributed by atoms with E-state index in [4.69, 9.17) is 5.73 Å². The van der Waals surface area contributed by atoms with Crippen molar-refractivity contribution < 1.29 is 0 Å². The number of nitrogens with two attached hydrogens (primary N) is 1. The summed E-state index contributed by atoms with van der Waals surface area (Å²) in [4.78, 5) is 0. The molecule has 1 aromatic heterocycles. The van der Waals surface area contributed by atoms with E-state index in [1.165, 1.54) is 31.2 Å². The van der Waals surface area contributed by atoms with Crippen LogP contribution in [0, 0.1) is 5.92 Å². The van der Waals surface area contributed by atoms with Crippen LogP contribution >= 0.6 is 11.3 Å².